The van der Waals surface area contributed by atoms with Crippen molar-refractivity contribution in [3.63, 3.8) is 0 Å². The second-order valence-electron chi connectivity index (χ2n) is 12.9. The molecule has 4 aromatic heterocycles. The number of carbonyl (C=O) groups is 2. The minimum Gasteiger partial charge on any atom is -0.497 e. The quantitative estimate of drug-likeness (QED) is 0.110. The second kappa shape index (κ2) is 17.7. The van der Waals surface area contributed by atoms with Crippen molar-refractivity contribution in [2.75, 3.05) is 28.4 Å². The highest BCUT2D eigenvalue weighted by Crippen LogP contribution is 2.37. The summed E-state index contributed by atoms with van der Waals surface area (Å²) in [6.07, 6.45) is 3.45. The molecule has 12 nitrogen and oxygen atoms in total. The van der Waals surface area contributed by atoms with Crippen LogP contribution in [0.5, 0.6) is 23.0 Å². The van der Waals surface area contributed by atoms with E-state index < -0.39 is 11.9 Å². The number of fused-ring (bicyclic) bond motifs is 2. The van der Waals surface area contributed by atoms with Crippen LogP contribution in [0.2, 0.25) is 0 Å². The topological polar surface area (TPSA) is 125 Å². The predicted molar refractivity (Wildman–Crippen MR) is 225 cm³/mol. The molecule has 0 fully saturated rings. The molecule has 0 spiro atoms. The monoisotopic (exact) mass is 816 g/mol. The van der Waals surface area contributed by atoms with Crippen LogP contribution >= 0.6 is 22.7 Å². The van der Waals surface area contributed by atoms with Crippen LogP contribution in [-0.2, 0) is 22.7 Å². The molecule has 296 valence electrons. The maximum absolute atomic E-state index is 12.3. The Morgan fingerprint density at radius 3 is 1.57 bits per heavy atom. The first-order valence-corrected chi connectivity index (χ1v) is 19.7. The zero-order valence-corrected chi connectivity index (χ0v) is 34.3. The zero-order valence-electron chi connectivity index (χ0n) is 32.7. The van der Waals surface area contributed by atoms with E-state index in [4.69, 9.17) is 28.4 Å². The fourth-order valence-corrected chi connectivity index (χ4v) is 8.09. The molecule has 4 heterocycles. The van der Waals surface area contributed by atoms with Crippen LogP contribution in [0.4, 0.5) is 0 Å². The zero-order chi connectivity index (χ0) is 40.8. The second-order valence-corrected chi connectivity index (χ2v) is 15.0. The van der Waals surface area contributed by atoms with E-state index in [1.54, 1.807) is 26.9 Å². The van der Waals surface area contributed by atoms with Crippen molar-refractivity contribution in [2.24, 2.45) is 0 Å². The third kappa shape index (κ3) is 8.38. The molecule has 0 amide bonds. The smallest absolute Gasteiger partial charge is 0.351 e. The van der Waals surface area contributed by atoms with Crippen LogP contribution in [0.25, 0.3) is 32.1 Å². The summed E-state index contributed by atoms with van der Waals surface area (Å²) in [6, 6.07) is 31.1. The lowest BCUT2D eigenvalue weighted by atomic mass is 10.1. The van der Waals surface area contributed by atoms with E-state index in [1.807, 2.05) is 120 Å². The predicted octanol–water partition coefficient (Wildman–Crippen LogP) is 9.54. The van der Waals surface area contributed by atoms with Crippen LogP contribution < -0.4 is 18.9 Å². The molecule has 0 aliphatic carbocycles. The summed E-state index contributed by atoms with van der Waals surface area (Å²) in [5.74, 6) is 1.61. The van der Waals surface area contributed by atoms with Gasteiger partial charge in [-0.1, -0.05) is 48.5 Å². The molecule has 0 atom stereocenters. The Balaban J connectivity index is 0.000000177. The lowest BCUT2D eigenvalue weighted by Crippen LogP contribution is -2.03. The maximum atomic E-state index is 12.3. The minimum absolute atomic E-state index is 0.366. The van der Waals surface area contributed by atoms with Crippen molar-refractivity contribution < 1.29 is 38.0 Å². The number of benzene rings is 4. The Morgan fingerprint density at radius 1 is 0.569 bits per heavy atom. The van der Waals surface area contributed by atoms with E-state index in [9.17, 15) is 9.59 Å². The van der Waals surface area contributed by atoms with Gasteiger partial charge in [-0.3, -0.25) is 9.13 Å². The number of methoxy groups -OCH3 is 4. The standard InChI is InChI=1S/2C22H20N2O4S/c1-14-6-4-5-7-15(14)12-28-19-11-20(29-21(19)22(25)27-3)24-13-23-17-10-16(26-2)8-9-18(17)24;1-14-6-4-5-7-15(14)12-28-19-11-20(29-21(19)22(25)27-3)24-13-23-17-9-8-16(26-2)10-18(17)24/h2*4-11,13H,12H2,1-3H3. The molecule has 8 aromatic rings. The number of hydrogen-bond donors (Lipinski definition) is 0. The molecule has 0 radical (unpaired) electrons. The van der Waals surface area contributed by atoms with Crippen LogP contribution in [0, 0.1) is 13.8 Å². The van der Waals surface area contributed by atoms with Gasteiger partial charge in [-0.25, -0.2) is 19.6 Å². The van der Waals surface area contributed by atoms with E-state index >= 15 is 0 Å². The Morgan fingerprint density at radius 2 is 1.05 bits per heavy atom. The largest absolute Gasteiger partial charge is 0.497 e. The van der Waals surface area contributed by atoms with E-state index in [-0.39, 0.29) is 0 Å². The summed E-state index contributed by atoms with van der Waals surface area (Å²) in [5, 5.41) is 1.62. The van der Waals surface area contributed by atoms with Gasteiger partial charge in [0.1, 0.15) is 58.9 Å². The highest BCUT2D eigenvalue weighted by atomic mass is 32.1. The molecule has 0 aliphatic heterocycles. The van der Waals surface area contributed by atoms with E-state index in [1.165, 1.54) is 36.9 Å². The maximum Gasteiger partial charge on any atom is 0.351 e. The van der Waals surface area contributed by atoms with Gasteiger partial charge in [-0.05, 0) is 60.4 Å². The molecule has 0 saturated carbocycles. The molecule has 0 N–H and O–H groups in total. The SMILES string of the molecule is COC(=O)c1sc(-n2cnc3cc(OC)ccc32)cc1OCc1ccccc1C.COC(=O)c1sc(-n2cnc3ccc(OC)cc32)cc1OCc1ccccc1C. The highest BCUT2D eigenvalue weighted by molar-refractivity contribution is 7.17. The Bertz CT molecular complexity index is 2730. The van der Waals surface area contributed by atoms with Gasteiger partial charge in [0, 0.05) is 24.3 Å². The number of aryl methyl sites for hydroxylation is 2. The van der Waals surface area contributed by atoms with Gasteiger partial charge < -0.3 is 28.4 Å². The molecule has 4 aromatic carbocycles. The van der Waals surface area contributed by atoms with Crippen LogP contribution in [0.15, 0.2) is 110 Å². The van der Waals surface area contributed by atoms with Gasteiger partial charge in [0.05, 0.1) is 50.5 Å². The lowest BCUT2D eigenvalue weighted by molar-refractivity contribution is 0.0592. The van der Waals surface area contributed by atoms with E-state index in [2.05, 4.69) is 9.97 Å². The summed E-state index contributed by atoms with van der Waals surface area (Å²) in [5.41, 5.74) is 7.83. The number of hydrogen-bond acceptors (Lipinski definition) is 12. The number of rotatable bonds is 12. The number of imidazole rings is 2. The van der Waals surface area contributed by atoms with Crippen molar-refractivity contribution in [1.82, 2.24) is 19.1 Å². The Labute approximate surface area is 342 Å². The van der Waals surface area contributed by atoms with Crippen LogP contribution in [0.3, 0.4) is 0 Å². The van der Waals surface area contributed by atoms with Crippen LogP contribution in [-0.4, -0.2) is 59.5 Å². The number of aromatic nitrogens is 4. The summed E-state index contributed by atoms with van der Waals surface area (Å²) >= 11 is 2.61. The Kier molecular flexibility index (Phi) is 12.1. The average molecular weight is 817 g/mol. The molecule has 0 unspecified atom stereocenters. The number of esters is 2. The van der Waals surface area contributed by atoms with E-state index in [0.717, 1.165) is 65.8 Å². The lowest BCUT2D eigenvalue weighted by Gasteiger charge is -2.08. The highest BCUT2D eigenvalue weighted by Gasteiger charge is 2.22. The van der Waals surface area contributed by atoms with Gasteiger partial charge in [-0.15, -0.1) is 22.7 Å². The van der Waals surface area contributed by atoms with Gasteiger partial charge in [0.15, 0.2) is 9.75 Å². The molecule has 0 saturated heterocycles. The van der Waals surface area contributed by atoms with Crippen molar-refractivity contribution in [2.45, 2.75) is 27.1 Å². The van der Waals surface area contributed by atoms with Gasteiger partial charge in [0.25, 0.3) is 0 Å². The summed E-state index contributed by atoms with van der Waals surface area (Å²) in [6.45, 7) is 4.80. The first-order valence-electron chi connectivity index (χ1n) is 18.0. The van der Waals surface area contributed by atoms with Crippen molar-refractivity contribution >= 4 is 56.7 Å². The van der Waals surface area contributed by atoms with Gasteiger partial charge >= 0.3 is 11.9 Å². The number of nitrogens with zero attached hydrogens (tertiary/aromatic N) is 4. The number of thiophene rings is 2. The summed E-state index contributed by atoms with van der Waals surface area (Å²) in [4.78, 5) is 34.4. The third-order valence-electron chi connectivity index (χ3n) is 9.38. The molecular formula is C44H40N4O8S2. The average Bonchev–Trinajstić information content (AvgIpc) is 4.07. The normalized spacial score (nSPS) is 10.9. The molecule has 0 bridgehead atoms. The van der Waals surface area contributed by atoms with Crippen LogP contribution in [0.1, 0.15) is 41.6 Å². The van der Waals surface area contributed by atoms with Crippen molar-refractivity contribution in [3.05, 3.63) is 142 Å². The Hall–Kier alpha value is -6.64. The van der Waals surface area contributed by atoms with Crippen molar-refractivity contribution in [3.8, 4) is 33.0 Å². The molecule has 8 rings (SSSR count). The fourth-order valence-electron chi connectivity index (χ4n) is 6.09. The first kappa shape index (κ1) is 39.6. The fraction of sp³-hybridized carbons (Fsp3) is 0.182. The van der Waals surface area contributed by atoms with E-state index in [0.29, 0.717) is 34.5 Å². The van der Waals surface area contributed by atoms with Crippen molar-refractivity contribution in [1.29, 1.82) is 0 Å². The molecule has 14 heteroatoms. The number of carbonyl (C=O) groups excluding carboxylic acids is 2. The molecule has 0 aliphatic rings. The summed E-state index contributed by atoms with van der Waals surface area (Å²) in [7, 11) is 5.98. The minimum atomic E-state index is -0.428. The molecule has 58 heavy (non-hydrogen) atoms. The molecular weight excluding hydrogens is 777 g/mol. The van der Waals surface area contributed by atoms with Gasteiger partial charge in [0.2, 0.25) is 0 Å². The van der Waals surface area contributed by atoms with Gasteiger partial charge in [-0.2, -0.15) is 0 Å². The third-order valence-corrected chi connectivity index (χ3v) is 11.6. The summed E-state index contributed by atoms with van der Waals surface area (Å²) < 4.78 is 36.4. The first-order chi connectivity index (χ1) is 28.2. The number of ether oxygens (including phenoxy) is 6.